The minimum absolute atomic E-state index is 0.278. The monoisotopic (exact) mass is 410 g/mol. The summed E-state index contributed by atoms with van der Waals surface area (Å²) in [5.74, 6) is -1.24. The molecule has 0 amide bonds. The lowest BCUT2D eigenvalue weighted by molar-refractivity contribution is -0.218. The predicted octanol–water partition coefficient (Wildman–Crippen LogP) is 5.41. The van der Waals surface area contributed by atoms with Gasteiger partial charge in [-0.1, -0.05) is 63.3 Å². The number of unbranched alkanes of at least 4 members (excludes halogenated alkanes) is 8. The molecule has 0 atom stereocenters. The molecule has 8 heteroatoms. The highest BCUT2D eigenvalue weighted by Crippen LogP contribution is 2.24. The molecule has 0 aromatic rings. The van der Waals surface area contributed by atoms with Crippen LogP contribution in [-0.2, 0) is 10.0 Å². The molecule has 0 rings (SSSR count). The van der Waals surface area contributed by atoms with Crippen molar-refractivity contribution in [2.24, 2.45) is 4.40 Å². The van der Waals surface area contributed by atoms with Gasteiger partial charge >= 0.3 is 15.5 Å². The van der Waals surface area contributed by atoms with Crippen LogP contribution in [0.4, 0.5) is 13.2 Å². The van der Waals surface area contributed by atoms with Gasteiger partial charge in [0.15, 0.2) is 0 Å². The highest BCUT2D eigenvalue weighted by molar-refractivity contribution is 7.91. The van der Waals surface area contributed by atoms with Crippen LogP contribution in [0, 0.1) is 0 Å². The van der Waals surface area contributed by atoms with Gasteiger partial charge in [-0.2, -0.15) is 26.0 Å². The number of hydrogen-bond acceptors (Lipinski definition) is 3. The van der Waals surface area contributed by atoms with E-state index < -0.39 is 21.4 Å². The molecule has 4 nitrogen and oxygen atoms in total. The Labute approximate surface area is 161 Å². The Kier molecular flexibility index (Phi) is 14.0. The van der Waals surface area contributed by atoms with Gasteiger partial charge in [0.05, 0.1) is 0 Å². The van der Waals surface area contributed by atoms with Gasteiger partial charge in [-0.3, -0.25) is 0 Å². The third-order valence-corrected chi connectivity index (χ3v) is 4.88. The fourth-order valence-electron chi connectivity index (χ4n) is 2.32. The minimum atomic E-state index is -5.70. The summed E-state index contributed by atoms with van der Waals surface area (Å²) in [6, 6.07) is 0. The van der Waals surface area contributed by atoms with E-state index in [1.165, 1.54) is 19.3 Å². The maximum Gasteiger partial charge on any atom is 0.518 e. The summed E-state index contributed by atoms with van der Waals surface area (Å²) in [5.41, 5.74) is -5.51. The van der Waals surface area contributed by atoms with Crippen molar-refractivity contribution in [3.05, 3.63) is 24.3 Å². The van der Waals surface area contributed by atoms with Crippen LogP contribution in [-0.4, -0.2) is 19.8 Å². The first-order chi connectivity index (χ1) is 12.7. The number of halogens is 3. The number of sulfonamides is 1. The molecule has 0 saturated carbocycles. The standard InChI is InChI=1S/C19H32F3NO3S/c1-2-3-4-5-6-7-8-9-10-11-12-13-14-15-16-17-18(24)23-27(25,26)19(20,21)22/h6-7,9-10H,2-5,8,11-17H2,1H3,(H,23,24)/p-1/b7-6+,10-9+. The summed E-state index contributed by atoms with van der Waals surface area (Å²) in [7, 11) is -5.70. The molecule has 0 spiro atoms. The van der Waals surface area contributed by atoms with Crippen LogP contribution in [0.1, 0.15) is 84.0 Å². The van der Waals surface area contributed by atoms with Crippen LogP contribution in [0.2, 0.25) is 0 Å². The van der Waals surface area contributed by atoms with Crippen molar-refractivity contribution in [2.45, 2.75) is 89.5 Å². The maximum absolute atomic E-state index is 12.1. The fraction of sp³-hybridized carbons (Fsp3) is 0.737. The normalized spacial score (nSPS) is 13.9. The predicted molar refractivity (Wildman–Crippen MR) is 102 cm³/mol. The molecule has 0 unspecified atom stereocenters. The summed E-state index contributed by atoms with van der Waals surface area (Å²) in [4.78, 5) is 0. The Morgan fingerprint density at radius 1 is 0.889 bits per heavy atom. The summed E-state index contributed by atoms with van der Waals surface area (Å²) < 4.78 is 59.9. The van der Waals surface area contributed by atoms with Gasteiger partial charge in [-0.15, -0.1) is 0 Å². The first-order valence-electron chi connectivity index (χ1n) is 9.58. The lowest BCUT2D eigenvalue weighted by Gasteiger charge is -2.11. The molecule has 0 aromatic carbocycles. The largest absolute Gasteiger partial charge is 0.861 e. The second kappa shape index (κ2) is 14.7. The van der Waals surface area contributed by atoms with Crippen molar-refractivity contribution < 1.29 is 26.7 Å². The SMILES string of the molecule is CCCCC/C=C/C/C=C/CCCCCCC/C([O-])=N/S(=O)(=O)C(F)(F)F. The molecule has 0 aromatic heterocycles. The molecule has 27 heavy (non-hydrogen) atoms. The van der Waals surface area contributed by atoms with E-state index in [4.69, 9.17) is 0 Å². The molecule has 0 aliphatic heterocycles. The number of hydrogen-bond donors (Lipinski definition) is 0. The van der Waals surface area contributed by atoms with Gasteiger partial charge in [0.2, 0.25) is 0 Å². The van der Waals surface area contributed by atoms with Crippen LogP contribution < -0.4 is 5.11 Å². The average Bonchev–Trinajstić information content (AvgIpc) is 2.57. The minimum Gasteiger partial charge on any atom is -0.861 e. The van der Waals surface area contributed by atoms with Gasteiger partial charge in [-0.05, 0) is 50.8 Å². The van der Waals surface area contributed by atoms with Crippen molar-refractivity contribution in [1.29, 1.82) is 0 Å². The molecule has 0 radical (unpaired) electrons. The third-order valence-electron chi connectivity index (χ3n) is 3.86. The molecule has 0 heterocycles. The molecule has 0 aliphatic rings. The van der Waals surface area contributed by atoms with Gasteiger partial charge in [0.1, 0.15) is 0 Å². The van der Waals surface area contributed by atoms with E-state index in [9.17, 15) is 26.7 Å². The van der Waals surface area contributed by atoms with Crippen LogP contribution >= 0.6 is 0 Å². The van der Waals surface area contributed by atoms with Crippen LogP contribution in [0.25, 0.3) is 0 Å². The fourth-order valence-corrected chi connectivity index (χ4v) is 2.78. The Bertz CT molecular complexity index is 567. The Morgan fingerprint density at radius 3 is 1.96 bits per heavy atom. The van der Waals surface area contributed by atoms with E-state index in [-0.39, 0.29) is 6.42 Å². The van der Waals surface area contributed by atoms with E-state index in [1.54, 1.807) is 0 Å². The highest BCUT2D eigenvalue weighted by Gasteiger charge is 2.45. The number of allylic oxidation sites excluding steroid dienone is 4. The zero-order valence-corrected chi connectivity index (χ0v) is 16.8. The van der Waals surface area contributed by atoms with Crippen LogP contribution in [0.5, 0.6) is 0 Å². The first-order valence-corrected chi connectivity index (χ1v) is 11.0. The average molecular weight is 411 g/mol. The summed E-state index contributed by atoms with van der Waals surface area (Å²) >= 11 is 0. The zero-order valence-electron chi connectivity index (χ0n) is 16.0. The van der Waals surface area contributed by atoms with Crippen molar-refractivity contribution in [3.8, 4) is 0 Å². The van der Waals surface area contributed by atoms with Gasteiger partial charge in [0, 0.05) is 0 Å². The number of nitrogens with zero attached hydrogens (tertiary/aromatic N) is 1. The summed E-state index contributed by atoms with van der Waals surface area (Å²) in [6.07, 6.45) is 19.0. The van der Waals surface area contributed by atoms with E-state index in [2.05, 4.69) is 35.6 Å². The molecule has 0 aliphatic carbocycles. The van der Waals surface area contributed by atoms with E-state index in [0.717, 1.165) is 38.5 Å². The van der Waals surface area contributed by atoms with Gasteiger partial charge < -0.3 is 5.11 Å². The van der Waals surface area contributed by atoms with Crippen molar-refractivity contribution in [1.82, 2.24) is 0 Å². The van der Waals surface area contributed by atoms with E-state index in [0.29, 0.717) is 12.8 Å². The Hall–Kier alpha value is -1.31. The number of rotatable bonds is 15. The molecule has 158 valence electrons. The molecular formula is C19H31F3NO3S-. The van der Waals surface area contributed by atoms with Crippen molar-refractivity contribution in [3.63, 3.8) is 0 Å². The Morgan fingerprint density at radius 2 is 1.41 bits per heavy atom. The van der Waals surface area contributed by atoms with Crippen molar-refractivity contribution in [2.75, 3.05) is 0 Å². The second-order valence-corrected chi connectivity index (χ2v) is 7.98. The highest BCUT2D eigenvalue weighted by atomic mass is 32.2. The zero-order chi connectivity index (χ0) is 20.6. The Balaban J connectivity index is 3.66. The summed E-state index contributed by atoms with van der Waals surface area (Å²) in [6.45, 7) is 2.19. The molecule has 0 N–H and O–H groups in total. The van der Waals surface area contributed by atoms with Gasteiger partial charge in [0.25, 0.3) is 0 Å². The number of alkyl halides is 3. The lowest BCUT2D eigenvalue weighted by Crippen LogP contribution is -2.26. The second-order valence-electron chi connectivity index (χ2n) is 6.39. The molecule has 0 bridgehead atoms. The maximum atomic E-state index is 12.1. The summed E-state index contributed by atoms with van der Waals surface area (Å²) in [5, 5.41) is 11.2. The first kappa shape index (κ1) is 25.7. The molecule has 0 fully saturated rings. The third kappa shape index (κ3) is 14.4. The smallest absolute Gasteiger partial charge is 0.518 e. The molecular weight excluding hydrogens is 379 g/mol. The van der Waals surface area contributed by atoms with Crippen molar-refractivity contribution >= 4 is 15.9 Å². The van der Waals surface area contributed by atoms with Crippen LogP contribution in [0.15, 0.2) is 28.7 Å². The quantitative estimate of drug-likeness (QED) is 0.157. The van der Waals surface area contributed by atoms with Crippen LogP contribution in [0.3, 0.4) is 0 Å². The topological polar surface area (TPSA) is 69.6 Å². The molecule has 0 saturated heterocycles. The van der Waals surface area contributed by atoms with Gasteiger partial charge in [-0.25, -0.2) is 0 Å². The van der Waals surface area contributed by atoms with E-state index >= 15 is 0 Å². The lowest BCUT2D eigenvalue weighted by atomic mass is 10.1. The van der Waals surface area contributed by atoms with E-state index in [1.807, 2.05) is 0 Å².